The number of anilines is 1. The summed E-state index contributed by atoms with van der Waals surface area (Å²) in [5.74, 6) is -0.602. The SMILES string of the molecule is CN1CCC/C1=N\S(=O)(=O)c1cccc(NC(=O)Cn2c(=O)oc3ccccc32)c1. The number of benzene rings is 2. The highest BCUT2D eigenvalue weighted by Crippen LogP contribution is 2.20. The molecule has 0 aliphatic carbocycles. The van der Waals surface area contributed by atoms with Gasteiger partial charge in [-0.2, -0.15) is 8.42 Å². The Kier molecular flexibility index (Phi) is 5.17. The van der Waals surface area contributed by atoms with Crippen LogP contribution in [0.25, 0.3) is 11.1 Å². The zero-order valence-corrected chi connectivity index (χ0v) is 17.1. The summed E-state index contributed by atoms with van der Waals surface area (Å²) < 4.78 is 35.5. The maximum atomic E-state index is 12.6. The van der Waals surface area contributed by atoms with Crippen LogP contribution in [0.5, 0.6) is 0 Å². The maximum Gasteiger partial charge on any atom is 0.420 e. The molecule has 3 aromatic rings. The van der Waals surface area contributed by atoms with Gasteiger partial charge in [0, 0.05) is 25.7 Å². The number of amides is 1. The van der Waals surface area contributed by atoms with Gasteiger partial charge in [0.1, 0.15) is 12.4 Å². The molecule has 0 bridgehead atoms. The lowest BCUT2D eigenvalue weighted by molar-refractivity contribution is -0.116. The first kappa shape index (κ1) is 19.9. The number of oxazole rings is 1. The average molecular weight is 428 g/mol. The second-order valence-electron chi connectivity index (χ2n) is 7.01. The third-order valence-electron chi connectivity index (χ3n) is 4.85. The van der Waals surface area contributed by atoms with Crippen molar-refractivity contribution in [3.8, 4) is 0 Å². The van der Waals surface area contributed by atoms with Gasteiger partial charge < -0.3 is 14.6 Å². The van der Waals surface area contributed by atoms with Crippen molar-refractivity contribution in [1.82, 2.24) is 9.47 Å². The molecular formula is C20H20N4O5S. The van der Waals surface area contributed by atoms with Gasteiger partial charge in [-0.25, -0.2) is 4.79 Å². The summed E-state index contributed by atoms with van der Waals surface area (Å²) in [7, 11) is -2.09. The fourth-order valence-electron chi connectivity index (χ4n) is 3.34. The quantitative estimate of drug-likeness (QED) is 0.665. The molecule has 2 heterocycles. The third-order valence-corrected chi connectivity index (χ3v) is 6.15. The molecule has 0 spiro atoms. The summed E-state index contributed by atoms with van der Waals surface area (Å²) in [6.45, 7) is 0.506. The van der Waals surface area contributed by atoms with Crippen LogP contribution in [0.1, 0.15) is 12.8 Å². The van der Waals surface area contributed by atoms with Gasteiger partial charge >= 0.3 is 5.76 Å². The number of carbonyl (C=O) groups is 1. The molecule has 1 saturated heterocycles. The van der Waals surface area contributed by atoms with E-state index in [9.17, 15) is 18.0 Å². The lowest BCUT2D eigenvalue weighted by atomic mass is 10.3. The van der Waals surface area contributed by atoms with E-state index in [0.717, 1.165) is 13.0 Å². The Hall–Kier alpha value is -3.40. The first-order valence-electron chi connectivity index (χ1n) is 9.37. The van der Waals surface area contributed by atoms with Crippen LogP contribution in [0.4, 0.5) is 5.69 Å². The predicted octanol–water partition coefficient (Wildman–Crippen LogP) is 2.05. The van der Waals surface area contributed by atoms with Crippen LogP contribution < -0.4 is 11.1 Å². The van der Waals surface area contributed by atoms with E-state index in [-0.39, 0.29) is 11.4 Å². The largest absolute Gasteiger partial charge is 0.420 e. The number of likely N-dealkylation sites (tertiary alicyclic amines) is 1. The number of para-hydroxylation sites is 2. The van der Waals surface area contributed by atoms with Crippen molar-refractivity contribution in [2.45, 2.75) is 24.3 Å². The summed E-state index contributed by atoms with van der Waals surface area (Å²) in [6, 6.07) is 12.7. The molecule has 1 aliphatic heterocycles. The van der Waals surface area contributed by atoms with Crippen LogP contribution in [0.3, 0.4) is 0 Å². The van der Waals surface area contributed by atoms with Crippen LogP contribution >= 0.6 is 0 Å². The molecule has 156 valence electrons. The number of fused-ring (bicyclic) bond motifs is 1. The van der Waals surface area contributed by atoms with Crippen molar-refractivity contribution in [1.29, 1.82) is 0 Å². The average Bonchev–Trinajstić information content (AvgIpc) is 3.24. The summed E-state index contributed by atoms with van der Waals surface area (Å²) in [5.41, 5.74) is 1.19. The van der Waals surface area contributed by atoms with Gasteiger partial charge in [-0.1, -0.05) is 18.2 Å². The normalized spacial score (nSPS) is 15.8. The van der Waals surface area contributed by atoms with Gasteiger partial charge in [-0.05, 0) is 36.8 Å². The number of nitrogens with zero attached hydrogens (tertiary/aromatic N) is 3. The van der Waals surface area contributed by atoms with Gasteiger partial charge in [0.05, 0.1) is 10.4 Å². The van der Waals surface area contributed by atoms with E-state index < -0.39 is 21.7 Å². The van der Waals surface area contributed by atoms with Crippen molar-refractivity contribution < 1.29 is 17.6 Å². The zero-order chi connectivity index (χ0) is 21.3. The number of hydrogen-bond acceptors (Lipinski definition) is 5. The number of carbonyl (C=O) groups excluding carboxylic acids is 1. The Morgan fingerprint density at radius 3 is 2.77 bits per heavy atom. The minimum atomic E-state index is -3.90. The van der Waals surface area contributed by atoms with Crippen LogP contribution in [-0.4, -0.2) is 43.2 Å². The molecule has 1 fully saturated rings. The van der Waals surface area contributed by atoms with E-state index in [1.54, 1.807) is 37.4 Å². The van der Waals surface area contributed by atoms with Gasteiger partial charge in [-0.3, -0.25) is 9.36 Å². The molecule has 0 saturated carbocycles. The van der Waals surface area contributed by atoms with Crippen molar-refractivity contribution in [2.75, 3.05) is 18.9 Å². The second kappa shape index (κ2) is 7.79. The number of aromatic nitrogens is 1. The van der Waals surface area contributed by atoms with Gasteiger partial charge in [0.2, 0.25) is 5.91 Å². The molecule has 1 aromatic heterocycles. The third kappa shape index (κ3) is 3.99. The number of hydrogen-bond donors (Lipinski definition) is 1. The van der Waals surface area contributed by atoms with E-state index >= 15 is 0 Å². The Bertz CT molecular complexity index is 1310. The first-order valence-corrected chi connectivity index (χ1v) is 10.8. The minimum absolute atomic E-state index is 0.0148. The van der Waals surface area contributed by atoms with Crippen LogP contribution in [-0.2, 0) is 21.4 Å². The van der Waals surface area contributed by atoms with E-state index in [1.165, 1.54) is 22.8 Å². The number of amidine groups is 1. The minimum Gasteiger partial charge on any atom is -0.408 e. The van der Waals surface area contributed by atoms with E-state index in [1.807, 2.05) is 4.90 Å². The number of rotatable bonds is 5. The molecule has 30 heavy (non-hydrogen) atoms. The second-order valence-corrected chi connectivity index (χ2v) is 8.61. The fraction of sp³-hybridized carbons (Fsp3) is 0.250. The lowest BCUT2D eigenvalue weighted by Gasteiger charge is -2.11. The Balaban J connectivity index is 1.54. The molecule has 1 amide bonds. The van der Waals surface area contributed by atoms with Crippen molar-refractivity contribution in [2.24, 2.45) is 4.40 Å². The van der Waals surface area contributed by atoms with Gasteiger partial charge in [0.25, 0.3) is 10.0 Å². The predicted molar refractivity (Wildman–Crippen MR) is 112 cm³/mol. The van der Waals surface area contributed by atoms with Gasteiger partial charge in [-0.15, -0.1) is 4.40 Å². The van der Waals surface area contributed by atoms with Gasteiger partial charge in [0.15, 0.2) is 5.58 Å². The van der Waals surface area contributed by atoms with E-state index in [4.69, 9.17) is 4.42 Å². The highest BCUT2D eigenvalue weighted by atomic mass is 32.2. The number of nitrogens with one attached hydrogen (secondary N) is 1. The smallest absolute Gasteiger partial charge is 0.408 e. The lowest BCUT2D eigenvalue weighted by Crippen LogP contribution is -2.24. The molecule has 1 aliphatic rings. The van der Waals surface area contributed by atoms with Crippen LogP contribution in [0.2, 0.25) is 0 Å². The monoisotopic (exact) mass is 428 g/mol. The standard InChI is InChI=1S/C20H20N4O5S/c1-23-11-5-10-18(23)22-30(27,28)15-7-4-6-14(12-15)21-19(25)13-24-16-8-2-3-9-17(16)29-20(24)26/h2-4,6-9,12H,5,10-11,13H2,1H3,(H,21,25)/b22-18+. The zero-order valence-electron chi connectivity index (χ0n) is 16.2. The highest BCUT2D eigenvalue weighted by Gasteiger charge is 2.21. The van der Waals surface area contributed by atoms with Crippen molar-refractivity contribution >= 4 is 38.6 Å². The van der Waals surface area contributed by atoms with Crippen molar-refractivity contribution in [3.63, 3.8) is 0 Å². The maximum absolute atomic E-state index is 12.6. The number of sulfonamides is 1. The summed E-state index contributed by atoms with van der Waals surface area (Å²) in [4.78, 5) is 26.3. The fourth-order valence-corrected chi connectivity index (χ4v) is 4.48. The first-order chi connectivity index (χ1) is 14.3. The molecule has 9 nitrogen and oxygen atoms in total. The van der Waals surface area contributed by atoms with Crippen LogP contribution in [0, 0.1) is 0 Å². The Labute approximate surface area is 172 Å². The van der Waals surface area contributed by atoms with E-state index in [2.05, 4.69) is 9.71 Å². The molecule has 0 unspecified atom stereocenters. The molecule has 10 heteroatoms. The molecule has 4 rings (SSSR count). The summed E-state index contributed by atoms with van der Waals surface area (Å²) in [5, 5.41) is 2.62. The summed E-state index contributed by atoms with van der Waals surface area (Å²) >= 11 is 0. The molecule has 0 atom stereocenters. The Morgan fingerprint density at radius 2 is 2.00 bits per heavy atom. The van der Waals surface area contributed by atoms with Crippen LogP contribution in [0.15, 0.2) is 67.0 Å². The van der Waals surface area contributed by atoms with Crippen molar-refractivity contribution in [3.05, 3.63) is 59.1 Å². The summed E-state index contributed by atoms with van der Waals surface area (Å²) in [6.07, 6.45) is 1.47. The van der Waals surface area contributed by atoms with E-state index in [0.29, 0.717) is 29.0 Å². The topological polar surface area (TPSA) is 114 Å². The molecule has 0 radical (unpaired) electrons. The molecular weight excluding hydrogens is 408 g/mol. The highest BCUT2D eigenvalue weighted by molar-refractivity contribution is 7.90. The molecule has 1 N–H and O–H groups in total. The Morgan fingerprint density at radius 1 is 1.20 bits per heavy atom. The molecule has 2 aromatic carbocycles.